The van der Waals surface area contributed by atoms with Crippen LogP contribution in [0.4, 0.5) is 0 Å². The zero-order valence-electron chi connectivity index (χ0n) is 9.50. The van der Waals surface area contributed by atoms with Crippen LogP contribution in [-0.2, 0) is 0 Å². The van der Waals surface area contributed by atoms with E-state index in [0.29, 0.717) is 17.9 Å². The minimum absolute atomic E-state index is 0.367. The molecule has 1 fully saturated rings. The van der Waals surface area contributed by atoms with Gasteiger partial charge in [-0.1, -0.05) is 19.3 Å². The average Bonchev–Trinajstić information content (AvgIpc) is 2.27. The van der Waals surface area contributed by atoms with Crippen molar-refractivity contribution in [1.29, 1.82) is 0 Å². The molecule has 0 aromatic carbocycles. The second-order valence-electron chi connectivity index (χ2n) is 4.33. The highest BCUT2D eigenvalue weighted by atomic mass is 15.3. The standard InChI is InChI=1S/C10H23N5/c1-8(7-10(14-11)15-12)13-9-5-3-2-4-6-9/h8-9,13H,2-7,11-12H2,1H3,(H,14,15). The Labute approximate surface area is 91.6 Å². The molecule has 0 aromatic rings. The maximum Gasteiger partial charge on any atom is 0.137 e. The van der Waals surface area contributed by atoms with Crippen molar-refractivity contribution in [1.82, 2.24) is 10.7 Å². The Balaban J connectivity index is 2.24. The molecule has 1 atom stereocenters. The molecule has 0 spiro atoms. The molecule has 5 heteroatoms. The minimum Gasteiger partial charge on any atom is -0.322 e. The fourth-order valence-corrected chi connectivity index (χ4v) is 2.17. The van der Waals surface area contributed by atoms with E-state index in [1.807, 2.05) is 0 Å². The van der Waals surface area contributed by atoms with Crippen molar-refractivity contribution >= 4 is 5.84 Å². The van der Waals surface area contributed by atoms with E-state index < -0.39 is 0 Å². The first-order valence-electron chi connectivity index (χ1n) is 5.75. The van der Waals surface area contributed by atoms with Crippen molar-refractivity contribution in [3.05, 3.63) is 0 Å². The van der Waals surface area contributed by atoms with Gasteiger partial charge in [0, 0.05) is 18.5 Å². The number of hydrazine groups is 1. The zero-order valence-corrected chi connectivity index (χ0v) is 9.50. The normalized spacial score (nSPS) is 21.3. The smallest absolute Gasteiger partial charge is 0.137 e. The molecule has 0 aliphatic heterocycles. The summed E-state index contributed by atoms with van der Waals surface area (Å²) in [4.78, 5) is 0. The predicted molar refractivity (Wildman–Crippen MR) is 63.0 cm³/mol. The van der Waals surface area contributed by atoms with Gasteiger partial charge in [-0.15, -0.1) is 0 Å². The molecule has 1 saturated carbocycles. The monoisotopic (exact) mass is 213 g/mol. The van der Waals surface area contributed by atoms with Gasteiger partial charge in [-0.05, 0) is 19.8 Å². The van der Waals surface area contributed by atoms with Crippen molar-refractivity contribution in [2.24, 2.45) is 16.8 Å². The van der Waals surface area contributed by atoms with E-state index in [4.69, 9.17) is 11.7 Å². The van der Waals surface area contributed by atoms with Gasteiger partial charge in [-0.2, -0.15) is 5.10 Å². The molecule has 0 heterocycles. The van der Waals surface area contributed by atoms with Crippen LogP contribution < -0.4 is 22.4 Å². The van der Waals surface area contributed by atoms with E-state index in [-0.39, 0.29) is 0 Å². The lowest BCUT2D eigenvalue weighted by Gasteiger charge is -2.26. The molecule has 6 N–H and O–H groups in total. The van der Waals surface area contributed by atoms with E-state index in [0.717, 1.165) is 6.42 Å². The number of rotatable bonds is 4. The van der Waals surface area contributed by atoms with E-state index in [2.05, 4.69) is 22.8 Å². The van der Waals surface area contributed by atoms with Crippen LogP contribution in [0, 0.1) is 0 Å². The predicted octanol–water partition coefficient (Wildman–Crippen LogP) is 0.423. The third-order valence-electron chi connectivity index (χ3n) is 2.95. The van der Waals surface area contributed by atoms with Crippen LogP contribution in [0.25, 0.3) is 0 Å². The molecule has 0 bridgehead atoms. The maximum atomic E-state index is 5.28. The van der Waals surface area contributed by atoms with E-state index in [1.54, 1.807) is 0 Å². The molecular formula is C10H23N5. The third kappa shape index (κ3) is 4.48. The first kappa shape index (κ1) is 12.3. The van der Waals surface area contributed by atoms with Crippen LogP contribution in [0.3, 0.4) is 0 Å². The van der Waals surface area contributed by atoms with Gasteiger partial charge in [0.15, 0.2) is 0 Å². The summed E-state index contributed by atoms with van der Waals surface area (Å²) < 4.78 is 0. The summed E-state index contributed by atoms with van der Waals surface area (Å²) >= 11 is 0. The quantitative estimate of drug-likeness (QED) is 0.236. The average molecular weight is 213 g/mol. The Morgan fingerprint density at radius 3 is 2.60 bits per heavy atom. The van der Waals surface area contributed by atoms with Crippen LogP contribution >= 0.6 is 0 Å². The zero-order chi connectivity index (χ0) is 11.1. The van der Waals surface area contributed by atoms with Gasteiger partial charge in [-0.25, -0.2) is 5.84 Å². The number of nitrogens with zero attached hydrogens (tertiary/aromatic N) is 1. The van der Waals surface area contributed by atoms with Gasteiger partial charge in [0.2, 0.25) is 0 Å². The number of nitrogens with one attached hydrogen (secondary N) is 2. The number of hydrogen-bond acceptors (Lipinski definition) is 4. The molecule has 1 unspecified atom stereocenters. The summed E-state index contributed by atoms with van der Waals surface area (Å²) in [5.41, 5.74) is 2.50. The molecule has 1 aliphatic rings. The molecule has 0 aromatic heterocycles. The van der Waals surface area contributed by atoms with Gasteiger partial charge < -0.3 is 16.6 Å². The maximum absolute atomic E-state index is 5.28. The van der Waals surface area contributed by atoms with Crippen LogP contribution in [0.2, 0.25) is 0 Å². The number of nitrogens with two attached hydrogens (primary N) is 2. The highest BCUT2D eigenvalue weighted by Gasteiger charge is 2.16. The molecular weight excluding hydrogens is 190 g/mol. The Bertz CT molecular complexity index is 198. The molecule has 0 radical (unpaired) electrons. The minimum atomic E-state index is 0.367. The second-order valence-corrected chi connectivity index (χ2v) is 4.33. The van der Waals surface area contributed by atoms with Gasteiger partial charge in [0.25, 0.3) is 0 Å². The van der Waals surface area contributed by atoms with Gasteiger partial charge >= 0.3 is 0 Å². The number of hydrazone groups is 1. The third-order valence-corrected chi connectivity index (χ3v) is 2.95. The highest BCUT2D eigenvalue weighted by molar-refractivity contribution is 5.81. The van der Waals surface area contributed by atoms with Gasteiger partial charge in [0.05, 0.1) is 0 Å². The SMILES string of the molecule is CC(C/C(=N/N)NN)NC1CCCCC1. The number of amidine groups is 1. The molecule has 0 saturated heterocycles. The van der Waals surface area contributed by atoms with Crippen molar-refractivity contribution < 1.29 is 0 Å². The van der Waals surface area contributed by atoms with Crippen molar-refractivity contribution in [2.45, 2.75) is 57.5 Å². The molecule has 15 heavy (non-hydrogen) atoms. The van der Waals surface area contributed by atoms with Gasteiger partial charge in [0.1, 0.15) is 5.84 Å². The molecule has 1 rings (SSSR count). The Morgan fingerprint density at radius 2 is 2.07 bits per heavy atom. The highest BCUT2D eigenvalue weighted by Crippen LogP contribution is 2.18. The van der Waals surface area contributed by atoms with Crippen molar-refractivity contribution in [3.8, 4) is 0 Å². The fraction of sp³-hybridized carbons (Fsp3) is 0.900. The lowest BCUT2D eigenvalue weighted by Crippen LogP contribution is -2.42. The van der Waals surface area contributed by atoms with E-state index >= 15 is 0 Å². The lowest BCUT2D eigenvalue weighted by atomic mass is 9.95. The number of hydrogen-bond donors (Lipinski definition) is 4. The molecule has 0 amide bonds. The van der Waals surface area contributed by atoms with Gasteiger partial charge in [-0.3, -0.25) is 0 Å². The summed E-state index contributed by atoms with van der Waals surface area (Å²) in [5, 5.41) is 7.17. The topological polar surface area (TPSA) is 88.5 Å². The van der Waals surface area contributed by atoms with Crippen molar-refractivity contribution in [2.75, 3.05) is 0 Å². The van der Waals surface area contributed by atoms with Crippen molar-refractivity contribution in [3.63, 3.8) is 0 Å². The Hall–Kier alpha value is -0.810. The summed E-state index contributed by atoms with van der Waals surface area (Å²) in [7, 11) is 0. The summed E-state index contributed by atoms with van der Waals surface area (Å²) in [5.74, 6) is 11.1. The summed E-state index contributed by atoms with van der Waals surface area (Å²) in [6.45, 7) is 2.14. The lowest BCUT2D eigenvalue weighted by molar-refractivity contribution is 0.346. The first-order valence-corrected chi connectivity index (χ1v) is 5.75. The molecule has 88 valence electrons. The largest absolute Gasteiger partial charge is 0.322 e. The second kappa shape index (κ2) is 6.63. The van der Waals surface area contributed by atoms with Crippen LogP contribution in [0.1, 0.15) is 45.4 Å². The Kier molecular flexibility index (Phi) is 5.42. The van der Waals surface area contributed by atoms with Crippen LogP contribution in [-0.4, -0.2) is 17.9 Å². The first-order chi connectivity index (χ1) is 7.26. The fourth-order valence-electron chi connectivity index (χ4n) is 2.17. The van der Waals surface area contributed by atoms with Crippen LogP contribution in [0.5, 0.6) is 0 Å². The summed E-state index contributed by atoms with van der Waals surface area (Å²) in [6, 6.07) is 1.02. The molecule has 1 aliphatic carbocycles. The molecule has 5 nitrogen and oxygen atoms in total. The Morgan fingerprint density at radius 1 is 1.40 bits per heavy atom. The summed E-state index contributed by atoms with van der Waals surface area (Å²) in [6.07, 6.45) is 7.40. The van der Waals surface area contributed by atoms with E-state index in [1.165, 1.54) is 32.1 Å². The van der Waals surface area contributed by atoms with E-state index in [9.17, 15) is 0 Å². The van der Waals surface area contributed by atoms with Crippen LogP contribution in [0.15, 0.2) is 5.10 Å².